The lowest BCUT2D eigenvalue weighted by Crippen LogP contribution is -2.63. The molecule has 0 amide bonds. The normalized spacial score (nSPS) is 34.8. The highest BCUT2D eigenvalue weighted by molar-refractivity contribution is 5.73. The van der Waals surface area contributed by atoms with E-state index in [1.165, 1.54) is 86.5 Å². The van der Waals surface area contributed by atoms with Crippen molar-refractivity contribution in [3.05, 3.63) is 83.9 Å². The first-order valence-electron chi connectivity index (χ1n) is 15.9. The minimum atomic E-state index is 0.494. The van der Waals surface area contributed by atoms with E-state index in [1.807, 2.05) is 12.1 Å². The van der Waals surface area contributed by atoms with Gasteiger partial charge in [0, 0.05) is 18.1 Å². The van der Waals surface area contributed by atoms with Gasteiger partial charge in [0.25, 0.3) is 0 Å². The van der Waals surface area contributed by atoms with Crippen LogP contribution in [0.4, 0.5) is 0 Å². The van der Waals surface area contributed by atoms with E-state index in [1.54, 1.807) is 0 Å². The van der Waals surface area contributed by atoms with Gasteiger partial charge in [-0.3, -0.25) is 4.90 Å². The summed E-state index contributed by atoms with van der Waals surface area (Å²) in [5, 5.41) is 9.16. The van der Waals surface area contributed by atoms with Crippen LogP contribution >= 0.6 is 0 Å². The van der Waals surface area contributed by atoms with E-state index in [0.29, 0.717) is 35.8 Å². The molecule has 3 heteroatoms. The van der Waals surface area contributed by atoms with E-state index in [2.05, 4.69) is 71.6 Å². The van der Waals surface area contributed by atoms with Crippen LogP contribution in [-0.4, -0.2) is 35.2 Å². The van der Waals surface area contributed by atoms with E-state index < -0.39 is 0 Å². The first kappa shape index (κ1) is 24.8. The van der Waals surface area contributed by atoms with Gasteiger partial charge in [-0.2, -0.15) is 5.26 Å². The lowest BCUT2D eigenvalue weighted by atomic mass is 9.68. The zero-order valence-corrected chi connectivity index (χ0v) is 23.4. The van der Waals surface area contributed by atoms with Crippen molar-refractivity contribution < 1.29 is 4.74 Å². The molecule has 204 valence electrons. The largest absolute Gasteiger partial charge is 0.372 e. The molecule has 40 heavy (non-hydrogen) atoms. The molecule has 3 aromatic carbocycles. The maximum absolute atomic E-state index is 9.16. The van der Waals surface area contributed by atoms with Gasteiger partial charge in [-0.25, -0.2) is 0 Å². The van der Waals surface area contributed by atoms with Crippen LogP contribution in [0.25, 0.3) is 22.3 Å². The van der Waals surface area contributed by atoms with Gasteiger partial charge < -0.3 is 4.74 Å². The Bertz CT molecular complexity index is 1420. The van der Waals surface area contributed by atoms with Crippen LogP contribution in [0.15, 0.2) is 72.8 Å². The van der Waals surface area contributed by atoms with Crippen molar-refractivity contribution in [2.75, 3.05) is 0 Å². The molecule has 0 spiro atoms. The van der Waals surface area contributed by atoms with E-state index in [4.69, 9.17) is 10.00 Å². The summed E-state index contributed by atoms with van der Waals surface area (Å²) in [5.41, 5.74) is 7.17. The van der Waals surface area contributed by atoms with Gasteiger partial charge in [-0.15, -0.1) is 0 Å². The molecule has 3 nitrogen and oxygen atoms in total. The zero-order valence-electron chi connectivity index (χ0n) is 23.4. The third kappa shape index (κ3) is 4.15. The Balaban J connectivity index is 1.05. The molecule has 5 fully saturated rings. The van der Waals surface area contributed by atoms with Crippen LogP contribution in [0.5, 0.6) is 0 Å². The Labute approximate surface area is 239 Å². The van der Waals surface area contributed by atoms with Crippen LogP contribution in [0.2, 0.25) is 0 Å². The summed E-state index contributed by atoms with van der Waals surface area (Å²) in [4.78, 5) is 3.08. The number of morpholine rings is 1. The van der Waals surface area contributed by atoms with Crippen molar-refractivity contribution in [2.24, 2.45) is 11.8 Å². The Morgan fingerprint density at radius 3 is 2.25 bits per heavy atom. The molecule has 0 radical (unpaired) electrons. The summed E-state index contributed by atoms with van der Waals surface area (Å²) in [5.74, 6) is 2.33. The van der Waals surface area contributed by atoms with Crippen LogP contribution in [0, 0.1) is 23.2 Å². The summed E-state index contributed by atoms with van der Waals surface area (Å²) < 4.78 is 6.85. The van der Waals surface area contributed by atoms with Crippen LogP contribution in [0.1, 0.15) is 81.3 Å². The maximum Gasteiger partial charge on any atom is 0.0991 e. The van der Waals surface area contributed by atoms with Crippen LogP contribution in [-0.2, 0) is 4.74 Å². The van der Waals surface area contributed by atoms with E-state index in [0.717, 1.165) is 23.4 Å². The topological polar surface area (TPSA) is 36.3 Å². The Kier molecular flexibility index (Phi) is 6.31. The van der Waals surface area contributed by atoms with Gasteiger partial charge >= 0.3 is 0 Å². The maximum atomic E-state index is 9.16. The molecular weight excluding hydrogens is 488 g/mol. The van der Waals surface area contributed by atoms with Crippen molar-refractivity contribution in [1.29, 1.82) is 5.26 Å². The van der Waals surface area contributed by atoms with E-state index in [9.17, 15) is 0 Å². The standard InChI is InChI=1S/C37H40N2O/c38-23-24-14-16-25(17-15-24)26-6-3-7-27(20-26)28-8-4-9-29(21-28)30-18-19-33-32(22-30)31-10-5-13-36-37(31)39(33)34-11-1-2-12-35(34)40-36/h3-4,6-9,14-17,20-21,30-37H,1-2,5,10-13,18-19,22H2. The highest BCUT2D eigenvalue weighted by Gasteiger charge is 2.59. The summed E-state index contributed by atoms with van der Waals surface area (Å²) in [6, 6.07) is 30.6. The minimum absolute atomic E-state index is 0.494. The highest BCUT2D eigenvalue weighted by Crippen LogP contribution is 2.56. The lowest BCUT2D eigenvalue weighted by Gasteiger charge is -2.53. The number of nitriles is 1. The highest BCUT2D eigenvalue weighted by atomic mass is 16.5. The summed E-state index contributed by atoms with van der Waals surface area (Å²) in [6.45, 7) is 0. The number of hydrogen-bond acceptors (Lipinski definition) is 3. The second-order valence-electron chi connectivity index (χ2n) is 13.2. The molecule has 0 aromatic heterocycles. The third-order valence-corrected chi connectivity index (χ3v) is 11.3. The predicted molar refractivity (Wildman–Crippen MR) is 160 cm³/mol. The van der Waals surface area contributed by atoms with Crippen molar-refractivity contribution in [1.82, 2.24) is 4.90 Å². The first-order valence-corrected chi connectivity index (χ1v) is 15.9. The number of hydrogen-bond donors (Lipinski definition) is 0. The van der Waals surface area contributed by atoms with Crippen LogP contribution < -0.4 is 0 Å². The van der Waals surface area contributed by atoms with Gasteiger partial charge in [0.05, 0.1) is 23.8 Å². The van der Waals surface area contributed by atoms with Crippen molar-refractivity contribution in [3.8, 4) is 28.3 Å². The number of nitrogens with zero attached hydrogens (tertiary/aromatic N) is 2. The monoisotopic (exact) mass is 528 g/mol. The molecule has 8 rings (SSSR count). The SMILES string of the molecule is N#Cc1ccc(-c2cccc(-c3cccc(C4CCC5C(C4)C4CCCC6OC7CCCCC7N5C64)c3)c2)cc1. The summed E-state index contributed by atoms with van der Waals surface area (Å²) in [7, 11) is 0. The quantitative estimate of drug-likeness (QED) is 0.343. The molecule has 0 bridgehead atoms. The molecule has 2 aliphatic heterocycles. The average Bonchev–Trinajstić information content (AvgIpc) is 3.36. The fraction of sp³-hybridized carbons (Fsp3) is 0.486. The van der Waals surface area contributed by atoms with E-state index >= 15 is 0 Å². The molecule has 2 saturated heterocycles. The molecule has 8 atom stereocenters. The van der Waals surface area contributed by atoms with E-state index in [-0.39, 0.29) is 0 Å². The molecule has 3 aliphatic carbocycles. The van der Waals surface area contributed by atoms with Crippen molar-refractivity contribution in [3.63, 3.8) is 0 Å². The Morgan fingerprint density at radius 2 is 1.40 bits per heavy atom. The summed E-state index contributed by atoms with van der Waals surface area (Å²) in [6.07, 6.45) is 14.5. The Morgan fingerprint density at radius 1 is 0.650 bits per heavy atom. The number of rotatable bonds is 3. The van der Waals surface area contributed by atoms with Gasteiger partial charge in [0.2, 0.25) is 0 Å². The Hall–Kier alpha value is -2.93. The smallest absolute Gasteiger partial charge is 0.0991 e. The predicted octanol–water partition coefficient (Wildman–Crippen LogP) is 8.34. The average molecular weight is 529 g/mol. The third-order valence-electron chi connectivity index (χ3n) is 11.3. The molecule has 2 heterocycles. The fourth-order valence-corrected chi connectivity index (χ4v) is 9.60. The molecule has 3 aromatic rings. The van der Waals surface area contributed by atoms with Crippen LogP contribution in [0.3, 0.4) is 0 Å². The second-order valence-corrected chi connectivity index (χ2v) is 13.2. The second kappa shape index (κ2) is 10.2. The van der Waals surface area contributed by atoms with Crippen molar-refractivity contribution in [2.45, 2.75) is 100 Å². The molecule has 5 aliphatic rings. The molecule has 0 N–H and O–H groups in total. The van der Waals surface area contributed by atoms with Gasteiger partial charge in [-0.1, -0.05) is 73.9 Å². The number of ether oxygens (including phenoxy) is 1. The van der Waals surface area contributed by atoms with Gasteiger partial charge in [0.1, 0.15) is 0 Å². The fourth-order valence-electron chi connectivity index (χ4n) is 9.60. The van der Waals surface area contributed by atoms with Crippen molar-refractivity contribution >= 4 is 0 Å². The molecular formula is C37H40N2O. The molecule has 3 saturated carbocycles. The lowest BCUT2D eigenvalue weighted by molar-refractivity contribution is -0.177. The minimum Gasteiger partial charge on any atom is -0.372 e. The summed E-state index contributed by atoms with van der Waals surface area (Å²) >= 11 is 0. The first-order chi connectivity index (χ1) is 19.8. The number of benzene rings is 3. The zero-order chi connectivity index (χ0) is 26.6. The molecule has 8 unspecified atom stereocenters. The van der Waals surface area contributed by atoms with Gasteiger partial charge in [0.15, 0.2) is 0 Å². The number of fused-ring (bicyclic) bond motifs is 5. The van der Waals surface area contributed by atoms with Gasteiger partial charge in [-0.05, 0) is 109 Å².